The summed E-state index contributed by atoms with van der Waals surface area (Å²) in [5.41, 5.74) is 4.68. The van der Waals surface area contributed by atoms with Crippen molar-refractivity contribution in [2.45, 2.75) is 6.54 Å². The highest BCUT2D eigenvalue weighted by Gasteiger charge is 2.13. The van der Waals surface area contributed by atoms with E-state index >= 15 is 0 Å². The number of hydrogen-bond donors (Lipinski definition) is 2. The average Bonchev–Trinajstić information content (AvgIpc) is 3.38. The Balaban J connectivity index is 1.36. The third-order valence-electron chi connectivity index (χ3n) is 5.26. The molecule has 5 aromatic rings. The number of aromatic nitrogens is 2. The van der Waals surface area contributed by atoms with E-state index in [9.17, 15) is 4.79 Å². The molecule has 0 atom stereocenters. The van der Waals surface area contributed by atoms with Crippen LogP contribution in [0.2, 0.25) is 0 Å². The van der Waals surface area contributed by atoms with Gasteiger partial charge in [0, 0.05) is 41.8 Å². The number of nitrogens with one attached hydrogen (secondary N) is 2. The first kappa shape index (κ1) is 19.9. The smallest absolute Gasteiger partial charge is 0.258 e. The topological polar surface area (TPSA) is 66.9 Å². The summed E-state index contributed by atoms with van der Waals surface area (Å²) in [7, 11) is 0. The average molecular weight is 437 g/mol. The van der Waals surface area contributed by atoms with Gasteiger partial charge in [-0.2, -0.15) is 11.3 Å². The molecule has 0 saturated carbocycles. The molecule has 5 rings (SSSR count). The van der Waals surface area contributed by atoms with Crippen LogP contribution in [0.15, 0.2) is 96.1 Å². The van der Waals surface area contributed by atoms with Crippen LogP contribution in [-0.4, -0.2) is 15.9 Å². The van der Waals surface area contributed by atoms with Gasteiger partial charge in [-0.25, -0.2) is 4.98 Å². The van der Waals surface area contributed by atoms with Gasteiger partial charge in [-0.05, 0) is 57.6 Å². The molecule has 0 fully saturated rings. The highest BCUT2D eigenvalue weighted by atomic mass is 32.1. The van der Waals surface area contributed by atoms with E-state index in [0.717, 1.165) is 33.2 Å². The molecule has 3 heterocycles. The van der Waals surface area contributed by atoms with E-state index in [-0.39, 0.29) is 5.91 Å². The molecular formula is C26H20N4OS. The first-order valence-electron chi connectivity index (χ1n) is 10.2. The van der Waals surface area contributed by atoms with Crippen LogP contribution in [0.5, 0.6) is 0 Å². The van der Waals surface area contributed by atoms with Gasteiger partial charge in [0.2, 0.25) is 0 Å². The minimum Gasteiger partial charge on any atom is -0.380 e. The number of rotatable bonds is 6. The number of pyridine rings is 2. The van der Waals surface area contributed by atoms with Gasteiger partial charge < -0.3 is 10.6 Å². The molecule has 0 spiro atoms. The molecule has 0 saturated heterocycles. The summed E-state index contributed by atoms with van der Waals surface area (Å²) < 4.78 is 0. The van der Waals surface area contributed by atoms with Crippen LogP contribution in [0.1, 0.15) is 15.9 Å². The quantitative estimate of drug-likeness (QED) is 0.331. The van der Waals surface area contributed by atoms with Crippen molar-refractivity contribution >= 4 is 39.5 Å². The predicted octanol–water partition coefficient (Wildman–Crippen LogP) is 6.22. The molecule has 0 aliphatic rings. The summed E-state index contributed by atoms with van der Waals surface area (Å²) in [5.74, 6) is 0.320. The van der Waals surface area contributed by atoms with E-state index in [0.29, 0.717) is 17.9 Å². The lowest BCUT2D eigenvalue weighted by molar-refractivity contribution is 0.102. The summed E-state index contributed by atoms with van der Waals surface area (Å²) in [4.78, 5) is 21.7. The lowest BCUT2D eigenvalue weighted by Crippen LogP contribution is -2.15. The minimum atomic E-state index is -0.205. The first-order valence-corrected chi connectivity index (χ1v) is 11.2. The standard InChI is InChI=1S/C26H20N4OS/c31-26(30-25-13-18-5-1-2-6-19(18)14-29-25)22-7-3-4-8-24(22)28-15-20-9-11-27-16-23(20)21-10-12-32-17-21/h1-14,16-17,28H,15H2,(H,29,30,31). The van der Waals surface area contributed by atoms with Crippen molar-refractivity contribution in [3.63, 3.8) is 0 Å². The first-order chi connectivity index (χ1) is 15.8. The van der Waals surface area contributed by atoms with Crippen molar-refractivity contribution in [3.8, 4) is 11.1 Å². The lowest BCUT2D eigenvalue weighted by Gasteiger charge is -2.14. The van der Waals surface area contributed by atoms with E-state index in [4.69, 9.17) is 0 Å². The number of amides is 1. The molecule has 0 radical (unpaired) electrons. The number of benzene rings is 2. The molecule has 2 N–H and O–H groups in total. The lowest BCUT2D eigenvalue weighted by atomic mass is 10.0. The molecule has 32 heavy (non-hydrogen) atoms. The highest BCUT2D eigenvalue weighted by Crippen LogP contribution is 2.26. The summed E-state index contributed by atoms with van der Waals surface area (Å²) in [6.07, 6.45) is 5.43. The zero-order valence-electron chi connectivity index (χ0n) is 17.2. The molecule has 6 heteroatoms. The SMILES string of the molecule is O=C(Nc1cc2ccccc2cn1)c1ccccc1NCc1ccncc1-c1ccsc1. The van der Waals surface area contributed by atoms with E-state index in [1.165, 1.54) is 0 Å². The summed E-state index contributed by atoms with van der Waals surface area (Å²) >= 11 is 1.66. The maximum absolute atomic E-state index is 13.0. The third-order valence-corrected chi connectivity index (χ3v) is 5.94. The number of anilines is 2. The highest BCUT2D eigenvalue weighted by molar-refractivity contribution is 7.08. The molecular weight excluding hydrogens is 416 g/mol. The number of fused-ring (bicyclic) bond motifs is 1. The number of nitrogens with zero attached hydrogens (tertiary/aromatic N) is 2. The number of carbonyl (C=O) groups excluding carboxylic acids is 1. The van der Waals surface area contributed by atoms with Gasteiger partial charge in [0.05, 0.1) is 5.56 Å². The molecule has 0 bridgehead atoms. The Morgan fingerprint density at radius 3 is 2.66 bits per heavy atom. The fraction of sp³-hybridized carbons (Fsp3) is 0.0385. The van der Waals surface area contributed by atoms with Gasteiger partial charge in [-0.1, -0.05) is 36.4 Å². The fourth-order valence-electron chi connectivity index (χ4n) is 3.62. The van der Waals surface area contributed by atoms with Gasteiger partial charge in [0.1, 0.15) is 5.82 Å². The van der Waals surface area contributed by atoms with Crippen molar-refractivity contribution in [1.29, 1.82) is 0 Å². The Bertz CT molecular complexity index is 1380. The van der Waals surface area contributed by atoms with E-state index < -0.39 is 0 Å². The maximum Gasteiger partial charge on any atom is 0.258 e. The van der Waals surface area contributed by atoms with E-state index in [1.54, 1.807) is 23.7 Å². The number of thiophene rings is 1. The van der Waals surface area contributed by atoms with Crippen molar-refractivity contribution in [3.05, 3.63) is 107 Å². The molecule has 2 aromatic carbocycles. The second-order valence-electron chi connectivity index (χ2n) is 7.31. The Kier molecular flexibility index (Phi) is 5.59. The second-order valence-corrected chi connectivity index (χ2v) is 8.09. The number of carbonyl (C=O) groups is 1. The zero-order valence-corrected chi connectivity index (χ0v) is 18.0. The van der Waals surface area contributed by atoms with Gasteiger partial charge in [0.25, 0.3) is 5.91 Å². The second kappa shape index (κ2) is 8.99. The van der Waals surface area contributed by atoms with Gasteiger partial charge in [-0.3, -0.25) is 9.78 Å². The summed E-state index contributed by atoms with van der Waals surface area (Å²) in [6.45, 7) is 0.576. The van der Waals surface area contributed by atoms with Crippen LogP contribution in [0, 0.1) is 0 Å². The van der Waals surface area contributed by atoms with Crippen molar-refractivity contribution in [2.75, 3.05) is 10.6 Å². The Morgan fingerprint density at radius 2 is 1.78 bits per heavy atom. The van der Waals surface area contributed by atoms with E-state index in [1.807, 2.05) is 66.9 Å². The summed E-state index contributed by atoms with van der Waals surface area (Å²) in [6, 6.07) is 21.4. The zero-order chi connectivity index (χ0) is 21.8. The number of hydrogen-bond acceptors (Lipinski definition) is 5. The van der Waals surface area contributed by atoms with Crippen LogP contribution < -0.4 is 10.6 Å². The van der Waals surface area contributed by atoms with Gasteiger partial charge in [0.15, 0.2) is 0 Å². The van der Waals surface area contributed by atoms with E-state index in [2.05, 4.69) is 37.4 Å². The maximum atomic E-state index is 13.0. The normalized spacial score (nSPS) is 10.8. The molecule has 0 unspecified atom stereocenters. The van der Waals surface area contributed by atoms with Crippen LogP contribution >= 0.6 is 11.3 Å². The fourth-order valence-corrected chi connectivity index (χ4v) is 4.27. The Labute approximate surface area is 189 Å². The van der Waals surface area contributed by atoms with Gasteiger partial charge >= 0.3 is 0 Å². The van der Waals surface area contributed by atoms with Crippen LogP contribution in [0.3, 0.4) is 0 Å². The Hall–Kier alpha value is -4.03. The molecule has 1 amide bonds. The van der Waals surface area contributed by atoms with Crippen LogP contribution in [0.4, 0.5) is 11.5 Å². The van der Waals surface area contributed by atoms with Crippen molar-refractivity contribution in [2.24, 2.45) is 0 Å². The molecule has 5 nitrogen and oxygen atoms in total. The molecule has 3 aromatic heterocycles. The van der Waals surface area contributed by atoms with Crippen molar-refractivity contribution in [1.82, 2.24) is 9.97 Å². The largest absolute Gasteiger partial charge is 0.380 e. The predicted molar refractivity (Wildman–Crippen MR) is 131 cm³/mol. The van der Waals surface area contributed by atoms with Crippen LogP contribution in [-0.2, 0) is 6.54 Å². The molecule has 156 valence electrons. The summed E-state index contributed by atoms with van der Waals surface area (Å²) in [5, 5.41) is 12.6. The number of para-hydroxylation sites is 1. The monoisotopic (exact) mass is 436 g/mol. The van der Waals surface area contributed by atoms with Crippen molar-refractivity contribution < 1.29 is 4.79 Å². The Morgan fingerprint density at radius 1 is 0.938 bits per heavy atom. The third kappa shape index (κ3) is 4.22. The van der Waals surface area contributed by atoms with Crippen LogP contribution in [0.25, 0.3) is 21.9 Å². The minimum absolute atomic E-state index is 0.205. The molecule has 0 aliphatic heterocycles. The van der Waals surface area contributed by atoms with Gasteiger partial charge in [-0.15, -0.1) is 0 Å². The molecule has 0 aliphatic carbocycles.